The van der Waals surface area contributed by atoms with Crippen LogP contribution in [-0.4, -0.2) is 22.0 Å². The Bertz CT molecular complexity index is 691. The fraction of sp³-hybridized carbons (Fsp3) is 0. The van der Waals surface area contributed by atoms with Crippen molar-refractivity contribution in [1.82, 2.24) is 4.98 Å². The predicted molar refractivity (Wildman–Crippen MR) is 73.2 cm³/mol. The molecule has 0 atom stereocenters. The molecule has 0 saturated heterocycles. The molecule has 0 unspecified atom stereocenters. The lowest BCUT2D eigenvalue weighted by Crippen LogP contribution is -2.13. The number of aromatic carboxylic acids is 1. The Morgan fingerprint density at radius 1 is 1.25 bits per heavy atom. The molecule has 2 N–H and O–H groups in total. The third-order valence-electron chi connectivity index (χ3n) is 2.41. The smallest absolute Gasteiger partial charge is 0.354 e. The summed E-state index contributed by atoms with van der Waals surface area (Å²) >= 11 is 3.15. The van der Waals surface area contributed by atoms with Crippen LogP contribution in [0.1, 0.15) is 20.8 Å². The van der Waals surface area contributed by atoms with Crippen LogP contribution in [0.4, 0.5) is 10.1 Å². The molecule has 0 spiro atoms. The number of nitrogens with one attached hydrogen (secondary N) is 1. The van der Waals surface area contributed by atoms with Crippen molar-refractivity contribution in [2.45, 2.75) is 0 Å². The van der Waals surface area contributed by atoms with E-state index < -0.39 is 17.7 Å². The first-order valence-electron chi connectivity index (χ1n) is 5.43. The molecule has 0 aliphatic rings. The maximum atomic E-state index is 13.1. The lowest BCUT2D eigenvalue weighted by Gasteiger charge is -2.07. The number of pyridine rings is 1. The van der Waals surface area contributed by atoms with E-state index in [1.165, 1.54) is 30.5 Å². The fourth-order valence-corrected chi connectivity index (χ4v) is 1.92. The fourth-order valence-electron chi connectivity index (χ4n) is 1.50. The average Bonchev–Trinajstić information content (AvgIpc) is 2.41. The van der Waals surface area contributed by atoms with Crippen LogP contribution in [0.2, 0.25) is 0 Å². The van der Waals surface area contributed by atoms with Crippen molar-refractivity contribution in [3.63, 3.8) is 0 Å². The molecular formula is C13H8BrFN2O3. The van der Waals surface area contributed by atoms with Crippen LogP contribution in [-0.2, 0) is 0 Å². The van der Waals surface area contributed by atoms with Crippen molar-refractivity contribution in [3.05, 3.63) is 58.1 Å². The first kappa shape index (κ1) is 14.1. The minimum Gasteiger partial charge on any atom is -0.477 e. The first-order chi connectivity index (χ1) is 9.47. The highest BCUT2D eigenvalue weighted by Crippen LogP contribution is 2.19. The van der Waals surface area contributed by atoms with Crippen molar-refractivity contribution >= 4 is 33.5 Å². The van der Waals surface area contributed by atoms with E-state index in [0.29, 0.717) is 4.47 Å². The quantitative estimate of drug-likeness (QED) is 0.901. The second kappa shape index (κ2) is 5.79. The lowest BCUT2D eigenvalue weighted by molar-refractivity contribution is 0.0690. The van der Waals surface area contributed by atoms with Gasteiger partial charge in [0.1, 0.15) is 11.5 Å². The van der Waals surface area contributed by atoms with Gasteiger partial charge in [0, 0.05) is 16.4 Å². The zero-order chi connectivity index (χ0) is 14.7. The topological polar surface area (TPSA) is 79.3 Å². The summed E-state index contributed by atoms with van der Waals surface area (Å²) in [5, 5.41) is 11.3. The van der Waals surface area contributed by atoms with Crippen molar-refractivity contribution in [3.8, 4) is 0 Å². The molecule has 7 heteroatoms. The molecule has 2 rings (SSSR count). The van der Waals surface area contributed by atoms with E-state index in [2.05, 4.69) is 26.2 Å². The molecule has 0 radical (unpaired) electrons. The van der Waals surface area contributed by atoms with Gasteiger partial charge in [0.2, 0.25) is 0 Å². The van der Waals surface area contributed by atoms with Gasteiger partial charge in [-0.1, -0.05) is 0 Å². The van der Waals surface area contributed by atoms with Gasteiger partial charge >= 0.3 is 5.97 Å². The third kappa shape index (κ3) is 3.18. The van der Waals surface area contributed by atoms with Crippen molar-refractivity contribution in [1.29, 1.82) is 0 Å². The van der Waals surface area contributed by atoms with Crippen LogP contribution in [0.5, 0.6) is 0 Å². The second-order valence-electron chi connectivity index (χ2n) is 3.81. The van der Waals surface area contributed by atoms with Gasteiger partial charge in [-0.2, -0.15) is 0 Å². The summed E-state index contributed by atoms with van der Waals surface area (Å²) in [5.74, 6) is -2.30. The van der Waals surface area contributed by atoms with Crippen LogP contribution in [0.15, 0.2) is 41.0 Å². The monoisotopic (exact) mass is 338 g/mol. The third-order valence-corrected chi connectivity index (χ3v) is 3.10. The molecule has 0 aliphatic carbocycles. The normalized spacial score (nSPS) is 10.1. The van der Waals surface area contributed by atoms with Gasteiger partial charge < -0.3 is 10.4 Å². The number of carboxylic acid groups (broad SMARTS) is 1. The molecular weight excluding hydrogens is 331 g/mol. The number of carbonyl (C=O) groups is 2. The van der Waals surface area contributed by atoms with Gasteiger partial charge in [0.25, 0.3) is 5.91 Å². The van der Waals surface area contributed by atoms with Crippen LogP contribution >= 0.6 is 15.9 Å². The molecule has 1 aromatic heterocycles. The van der Waals surface area contributed by atoms with Crippen LogP contribution < -0.4 is 5.32 Å². The maximum absolute atomic E-state index is 13.1. The van der Waals surface area contributed by atoms with E-state index in [0.717, 1.165) is 6.07 Å². The number of anilines is 1. The van der Waals surface area contributed by atoms with Gasteiger partial charge in [-0.25, -0.2) is 14.2 Å². The van der Waals surface area contributed by atoms with Crippen molar-refractivity contribution in [2.24, 2.45) is 0 Å². The molecule has 20 heavy (non-hydrogen) atoms. The summed E-state index contributed by atoms with van der Waals surface area (Å²) in [5.41, 5.74) is 0.179. The van der Waals surface area contributed by atoms with Gasteiger partial charge in [-0.05, 0) is 46.3 Å². The number of benzene rings is 1. The number of halogens is 2. The number of rotatable bonds is 3. The molecule has 1 heterocycles. The Hall–Kier alpha value is -2.28. The number of nitrogens with zero attached hydrogens (tertiary/aromatic N) is 1. The summed E-state index contributed by atoms with van der Waals surface area (Å²) in [6.45, 7) is 0. The summed E-state index contributed by atoms with van der Waals surface area (Å²) in [6.07, 6.45) is 1.26. The average molecular weight is 339 g/mol. The van der Waals surface area contributed by atoms with Crippen LogP contribution in [0.25, 0.3) is 0 Å². The summed E-state index contributed by atoms with van der Waals surface area (Å²) in [6, 6.07) is 6.37. The largest absolute Gasteiger partial charge is 0.477 e. The lowest BCUT2D eigenvalue weighted by atomic mass is 10.2. The van der Waals surface area contributed by atoms with Crippen molar-refractivity contribution < 1.29 is 19.1 Å². The molecule has 0 aliphatic heterocycles. The first-order valence-corrected chi connectivity index (χ1v) is 6.22. The minimum absolute atomic E-state index is 0.110. The number of hydrogen-bond donors (Lipinski definition) is 2. The number of amides is 1. The van der Waals surface area contributed by atoms with E-state index in [-0.39, 0.29) is 16.9 Å². The van der Waals surface area contributed by atoms with Gasteiger partial charge in [-0.15, -0.1) is 0 Å². The second-order valence-corrected chi connectivity index (χ2v) is 4.67. The number of carboxylic acids is 1. The predicted octanol–water partition coefficient (Wildman–Crippen LogP) is 2.93. The summed E-state index contributed by atoms with van der Waals surface area (Å²) in [4.78, 5) is 26.4. The van der Waals surface area contributed by atoms with Gasteiger partial charge in [0.15, 0.2) is 0 Å². The molecule has 5 nitrogen and oxygen atoms in total. The molecule has 0 bridgehead atoms. The number of carbonyl (C=O) groups excluding carboxylic acids is 1. The molecule has 1 aromatic carbocycles. The van der Waals surface area contributed by atoms with Gasteiger partial charge in [-0.3, -0.25) is 4.79 Å². The molecule has 0 fully saturated rings. The van der Waals surface area contributed by atoms with E-state index >= 15 is 0 Å². The van der Waals surface area contributed by atoms with E-state index in [4.69, 9.17) is 5.11 Å². The standard InChI is InChI=1S/C13H8BrFN2O3/c14-10-2-1-7(15)5-9(10)12(18)17-8-3-4-16-11(6-8)13(19)20/h1-6H,(H,19,20)(H,16,17,18). The highest BCUT2D eigenvalue weighted by Gasteiger charge is 2.12. The van der Waals surface area contributed by atoms with E-state index in [1.807, 2.05) is 0 Å². The summed E-state index contributed by atoms with van der Waals surface area (Å²) in [7, 11) is 0. The molecule has 2 aromatic rings. The van der Waals surface area contributed by atoms with Crippen molar-refractivity contribution in [2.75, 3.05) is 5.32 Å². The zero-order valence-electron chi connectivity index (χ0n) is 9.93. The highest BCUT2D eigenvalue weighted by atomic mass is 79.9. The van der Waals surface area contributed by atoms with Crippen LogP contribution in [0.3, 0.4) is 0 Å². The van der Waals surface area contributed by atoms with Gasteiger partial charge in [0.05, 0.1) is 5.56 Å². The molecule has 102 valence electrons. The number of aromatic nitrogens is 1. The van der Waals surface area contributed by atoms with Crippen LogP contribution in [0, 0.1) is 5.82 Å². The Morgan fingerprint density at radius 3 is 2.70 bits per heavy atom. The van der Waals surface area contributed by atoms with E-state index in [9.17, 15) is 14.0 Å². The Labute approximate surface area is 121 Å². The molecule has 0 saturated carbocycles. The number of hydrogen-bond acceptors (Lipinski definition) is 3. The highest BCUT2D eigenvalue weighted by molar-refractivity contribution is 9.10. The van der Waals surface area contributed by atoms with E-state index in [1.54, 1.807) is 0 Å². The Morgan fingerprint density at radius 2 is 2.00 bits per heavy atom. The Balaban J connectivity index is 2.25. The zero-order valence-corrected chi connectivity index (χ0v) is 11.5. The molecule has 1 amide bonds. The SMILES string of the molecule is O=C(O)c1cc(NC(=O)c2cc(F)ccc2Br)ccn1. The maximum Gasteiger partial charge on any atom is 0.354 e. The Kier molecular flexibility index (Phi) is 4.09. The minimum atomic E-state index is -1.20. The summed E-state index contributed by atoms with van der Waals surface area (Å²) < 4.78 is 13.6.